The Morgan fingerprint density at radius 1 is 0.274 bits per heavy atom. The van der Waals surface area contributed by atoms with Gasteiger partial charge in [0.2, 0.25) is 5.95 Å². The molecule has 5 nitrogen and oxygen atoms in total. The molecule has 0 atom stereocenters. The van der Waals surface area contributed by atoms with E-state index in [9.17, 15) is 0 Å². The average molecular weight is 791 g/mol. The Bertz CT molecular complexity index is 3850. The normalized spacial score (nSPS) is 11.9. The average Bonchev–Trinajstić information content (AvgIpc) is 3.88. The summed E-state index contributed by atoms with van der Waals surface area (Å²) in [4.78, 5) is 15.6. The number of furan rings is 1. The lowest BCUT2D eigenvalue weighted by atomic mass is 9.91. The fourth-order valence-corrected chi connectivity index (χ4v) is 9.47. The van der Waals surface area contributed by atoms with Crippen molar-refractivity contribution in [2.75, 3.05) is 0 Å². The molecule has 0 bridgehead atoms. The Kier molecular flexibility index (Phi) is 7.54. The first-order valence-corrected chi connectivity index (χ1v) is 20.9. The van der Waals surface area contributed by atoms with Crippen molar-refractivity contribution in [3.05, 3.63) is 206 Å². The number of rotatable bonds is 5. The number of para-hydroxylation sites is 1. The van der Waals surface area contributed by atoms with Gasteiger partial charge < -0.3 is 4.42 Å². The fourth-order valence-electron chi connectivity index (χ4n) is 9.47. The maximum Gasteiger partial charge on any atom is 0.238 e. The number of nitrogens with zero attached hydrogens (tertiary/aromatic N) is 4. The van der Waals surface area contributed by atoms with Gasteiger partial charge in [0.25, 0.3) is 0 Å². The zero-order chi connectivity index (χ0) is 40.7. The molecule has 13 aromatic rings. The van der Waals surface area contributed by atoms with E-state index in [-0.39, 0.29) is 0 Å². The van der Waals surface area contributed by atoms with Crippen LogP contribution in [0.15, 0.2) is 211 Å². The molecule has 3 heterocycles. The summed E-state index contributed by atoms with van der Waals surface area (Å²) in [6, 6.07) is 72.9. The maximum atomic E-state index is 6.32. The number of fused-ring (bicyclic) bond motifs is 12. The smallest absolute Gasteiger partial charge is 0.238 e. The number of hydrogen-bond donors (Lipinski definition) is 0. The van der Waals surface area contributed by atoms with E-state index in [1.165, 1.54) is 37.9 Å². The van der Waals surface area contributed by atoms with E-state index in [4.69, 9.17) is 19.4 Å². The van der Waals surface area contributed by atoms with Crippen molar-refractivity contribution in [2.24, 2.45) is 0 Å². The molecule has 3 aromatic heterocycles. The van der Waals surface area contributed by atoms with Gasteiger partial charge in [-0.3, -0.25) is 4.57 Å². The summed E-state index contributed by atoms with van der Waals surface area (Å²) >= 11 is 0. The molecule has 0 aliphatic rings. The lowest BCUT2D eigenvalue weighted by molar-refractivity contribution is 0.669. The van der Waals surface area contributed by atoms with Gasteiger partial charge in [-0.25, -0.2) is 4.98 Å². The van der Waals surface area contributed by atoms with Gasteiger partial charge in [0.05, 0.1) is 11.0 Å². The third-order valence-corrected chi connectivity index (χ3v) is 12.4. The van der Waals surface area contributed by atoms with Gasteiger partial charge in [-0.1, -0.05) is 158 Å². The quantitative estimate of drug-likeness (QED) is 0.163. The highest BCUT2D eigenvalue weighted by atomic mass is 16.3. The van der Waals surface area contributed by atoms with Crippen molar-refractivity contribution in [1.82, 2.24) is 19.5 Å². The first-order valence-electron chi connectivity index (χ1n) is 20.9. The summed E-state index contributed by atoms with van der Waals surface area (Å²) in [5.74, 6) is 1.81. The van der Waals surface area contributed by atoms with Crippen molar-refractivity contribution >= 4 is 76.1 Å². The van der Waals surface area contributed by atoms with Crippen LogP contribution in [0, 0.1) is 0 Å². The predicted molar refractivity (Wildman–Crippen MR) is 256 cm³/mol. The molecule has 0 fully saturated rings. The Hall–Kier alpha value is -8.41. The molecule has 288 valence electrons. The second-order valence-electron chi connectivity index (χ2n) is 16.0. The Morgan fingerprint density at radius 3 is 1.44 bits per heavy atom. The van der Waals surface area contributed by atoms with Gasteiger partial charge in [0, 0.05) is 32.7 Å². The monoisotopic (exact) mass is 790 g/mol. The summed E-state index contributed by atoms with van der Waals surface area (Å²) in [7, 11) is 0. The van der Waals surface area contributed by atoms with Crippen LogP contribution in [0.3, 0.4) is 0 Å². The van der Waals surface area contributed by atoms with E-state index in [1.54, 1.807) is 0 Å². The van der Waals surface area contributed by atoms with Crippen LogP contribution < -0.4 is 0 Å². The third kappa shape index (κ3) is 5.38. The van der Waals surface area contributed by atoms with Crippen LogP contribution >= 0.6 is 0 Å². The summed E-state index contributed by atoms with van der Waals surface area (Å²) in [5.41, 5.74) is 10.3. The van der Waals surface area contributed by atoms with Crippen LogP contribution in [0.1, 0.15) is 0 Å². The number of aromatic nitrogens is 4. The highest BCUT2D eigenvalue weighted by Crippen LogP contribution is 2.43. The summed E-state index contributed by atoms with van der Waals surface area (Å²) in [5, 5.41) is 11.7. The summed E-state index contributed by atoms with van der Waals surface area (Å²) < 4.78 is 8.56. The Morgan fingerprint density at radius 2 is 0.742 bits per heavy atom. The van der Waals surface area contributed by atoms with E-state index in [0.717, 1.165) is 71.6 Å². The lowest BCUT2D eigenvalue weighted by Crippen LogP contribution is -2.06. The van der Waals surface area contributed by atoms with Crippen LogP contribution in [-0.2, 0) is 0 Å². The van der Waals surface area contributed by atoms with Gasteiger partial charge in [0.1, 0.15) is 11.2 Å². The van der Waals surface area contributed by atoms with Crippen molar-refractivity contribution in [1.29, 1.82) is 0 Å². The first kappa shape index (κ1) is 34.5. The van der Waals surface area contributed by atoms with Gasteiger partial charge in [-0.2, -0.15) is 9.97 Å². The minimum absolute atomic E-state index is 0.567. The topological polar surface area (TPSA) is 56.7 Å². The van der Waals surface area contributed by atoms with Crippen molar-refractivity contribution in [3.8, 4) is 51.0 Å². The standard InChI is InChI=1S/C57H34N4O/c1-4-14-35(15-5-1)38-26-29-51-49(31-38)50-33-47-42-21-11-10-20-41(42)46-30-39(40-25-28-45-44-22-12-13-23-53(44)62-54(45)32-40)24-27-43(46)48(47)34-52(50)61(51)57-59-55(36-16-6-2-7-17-36)58-56(60-57)37-18-8-3-9-19-37/h1-34H. The van der Waals surface area contributed by atoms with E-state index < -0.39 is 0 Å². The highest BCUT2D eigenvalue weighted by Gasteiger charge is 2.21. The lowest BCUT2D eigenvalue weighted by Gasteiger charge is -2.14. The minimum Gasteiger partial charge on any atom is -0.456 e. The van der Waals surface area contributed by atoms with Crippen LogP contribution in [0.2, 0.25) is 0 Å². The molecular weight excluding hydrogens is 757 g/mol. The van der Waals surface area contributed by atoms with Crippen LogP contribution in [-0.4, -0.2) is 19.5 Å². The fraction of sp³-hybridized carbons (Fsp3) is 0. The van der Waals surface area contributed by atoms with Gasteiger partial charge in [-0.05, 0) is 103 Å². The molecule has 0 amide bonds. The van der Waals surface area contributed by atoms with Gasteiger partial charge in [-0.15, -0.1) is 0 Å². The van der Waals surface area contributed by atoms with Crippen molar-refractivity contribution in [2.45, 2.75) is 0 Å². The van der Waals surface area contributed by atoms with Crippen molar-refractivity contribution < 1.29 is 4.42 Å². The zero-order valence-electron chi connectivity index (χ0n) is 33.3. The Balaban J connectivity index is 1.10. The van der Waals surface area contributed by atoms with E-state index in [0.29, 0.717) is 17.6 Å². The molecule has 5 heteroatoms. The molecule has 0 saturated heterocycles. The first-order chi connectivity index (χ1) is 30.7. The van der Waals surface area contributed by atoms with E-state index in [2.05, 4.69) is 162 Å². The van der Waals surface area contributed by atoms with Crippen molar-refractivity contribution in [3.63, 3.8) is 0 Å². The zero-order valence-corrected chi connectivity index (χ0v) is 33.3. The second kappa shape index (κ2) is 13.6. The Labute approximate surface area is 355 Å². The van der Waals surface area contributed by atoms with Crippen LogP contribution in [0.25, 0.3) is 127 Å². The van der Waals surface area contributed by atoms with E-state index in [1.807, 2.05) is 48.5 Å². The largest absolute Gasteiger partial charge is 0.456 e. The highest BCUT2D eigenvalue weighted by molar-refractivity contribution is 6.29. The molecular formula is C57H34N4O. The molecule has 0 radical (unpaired) electrons. The maximum absolute atomic E-state index is 6.32. The number of benzene rings is 10. The summed E-state index contributed by atoms with van der Waals surface area (Å²) in [6.07, 6.45) is 0. The van der Waals surface area contributed by atoms with Gasteiger partial charge in [0.15, 0.2) is 11.6 Å². The second-order valence-corrected chi connectivity index (χ2v) is 16.0. The molecule has 0 saturated carbocycles. The predicted octanol–water partition coefficient (Wildman–Crippen LogP) is 15.0. The SMILES string of the molecule is c1ccc(-c2ccc3c(c2)c2cc4c5ccccc5c5cc(-c6ccc7c(c6)oc6ccccc67)ccc5c4cc2n3-c2nc(-c3ccccc3)nc(-c3ccccc3)n2)cc1. The molecule has 62 heavy (non-hydrogen) atoms. The molecule has 0 spiro atoms. The molecule has 10 aromatic carbocycles. The van der Waals surface area contributed by atoms with E-state index >= 15 is 0 Å². The molecule has 0 N–H and O–H groups in total. The number of hydrogen-bond acceptors (Lipinski definition) is 4. The third-order valence-electron chi connectivity index (χ3n) is 12.4. The summed E-state index contributed by atoms with van der Waals surface area (Å²) in [6.45, 7) is 0. The molecule has 0 unspecified atom stereocenters. The molecule has 0 aliphatic carbocycles. The van der Waals surface area contributed by atoms with Crippen LogP contribution in [0.4, 0.5) is 0 Å². The molecule has 0 aliphatic heterocycles. The molecule has 13 rings (SSSR count). The van der Waals surface area contributed by atoms with Gasteiger partial charge >= 0.3 is 0 Å². The van der Waals surface area contributed by atoms with Crippen LogP contribution in [0.5, 0.6) is 0 Å². The minimum atomic E-state index is 0.567.